The summed E-state index contributed by atoms with van der Waals surface area (Å²) in [4.78, 5) is 23.1. The second-order valence-electron chi connectivity index (χ2n) is 11.5. The number of anilines is 1. The van der Waals surface area contributed by atoms with Crippen molar-refractivity contribution < 1.29 is 13.7 Å². The molecule has 1 atom stereocenters. The number of hydrogen-bond acceptors (Lipinski definition) is 6. The SMILES string of the molecule is C=C(N=C/C=C(\C)Oc1cccc2cc(C(=O)Nc3cc(C(C)(C)C)ccc3S(C)=O)n(C)c12)N1CCN(C)CC1. The quantitative estimate of drug-likeness (QED) is 0.282. The van der Waals surface area contributed by atoms with E-state index in [0.29, 0.717) is 27.8 Å². The summed E-state index contributed by atoms with van der Waals surface area (Å²) in [5, 5.41) is 3.89. The molecule has 1 amide bonds. The van der Waals surface area contributed by atoms with E-state index in [4.69, 9.17) is 4.74 Å². The van der Waals surface area contributed by atoms with Gasteiger partial charge in [-0.3, -0.25) is 9.00 Å². The number of allylic oxidation sites excluding steroid dienone is 2. The summed E-state index contributed by atoms with van der Waals surface area (Å²) < 4.78 is 20.4. The maximum Gasteiger partial charge on any atom is 0.272 e. The number of piperazine rings is 1. The number of nitrogens with one attached hydrogen (secondary N) is 1. The van der Waals surface area contributed by atoms with Crippen LogP contribution in [-0.4, -0.2) is 70.2 Å². The summed E-state index contributed by atoms with van der Waals surface area (Å²) in [6.45, 7) is 16.1. The molecule has 1 saturated heterocycles. The van der Waals surface area contributed by atoms with Crippen molar-refractivity contribution in [3.05, 3.63) is 78.0 Å². The number of aryl methyl sites for hydroxylation is 1. The lowest BCUT2D eigenvalue weighted by Crippen LogP contribution is -2.43. The van der Waals surface area contributed by atoms with E-state index in [1.165, 1.54) is 0 Å². The predicted molar refractivity (Wildman–Crippen MR) is 169 cm³/mol. The molecule has 0 spiro atoms. The Kier molecular flexibility index (Phi) is 9.19. The molecule has 218 valence electrons. The molecular formula is C32H41N5O3S. The number of fused-ring (bicyclic) bond motifs is 1. The summed E-state index contributed by atoms with van der Waals surface area (Å²) in [7, 11) is 2.70. The number of likely N-dealkylation sites (N-methyl/N-ethyl adjacent to an activating group) is 1. The fraction of sp³-hybridized carbons (Fsp3) is 0.375. The van der Waals surface area contributed by atoms with E-state index in [-0.39, 0.29) is 11.3 Å². The van der Waals surface area contributed by atoms with Crippen LogP contribution in [0.15, 0.2) is 76.6 Å². The van der Waals surface area contributed by atoms with Gasteiger partial charge in [0.05, 0.1) is 26.9 Å². The van der Waals surface area contributed by atoms with Gasteiger partial charge in [0.25, 0.3) is 5.91 Å². The van der Waals surface area contributed by atoms with Crippen LogP contribution < -0.4 is 10.1 Å². The largest absolute Gasteiger partial charge is 0.460 e. The summed E-state index contributed by atoms with van der Waals surface area (Å²) in [5.41, 5.74) is 2.75. The van der Waals surface area contributed by atoms with Gasteiger partial charge in [0.15, 0.2) is 5.75 Å². The lowest BCUT2D eigenvalue weighted by Gasteiger charge is -2.33. The Labute approximate surface area is 245 Å². The minimum Gasteiger partial charge on any atom is -0.460 e. The summed E-state index contributed by atoms with van der Waals surface area (Å²) in [6.07, 6.45) is 5.14. The van der Waals surface area contributed by atoms with Gasteiger partial charge < -0.3 is 24.4 Å². The number of nitrogens with zero attached hydrogens (tertiary/aromatic N) is 4. The van der Waals surface area contributed by atoms with Crippen molar-refractivity contribution >= 4 is 39.5 Å². The number of aromatic nitrogens is 1. The average molecular weight is 576 g/mol. The van der Waals surface area contributed by atoms with Crippen LogP contribution in [-0.2, 0) is 23.3 Å². The second kappa shape index (κ2) is 12.4. The van der Waals surface area contributed by atoms with Gasteiger partial charge in [0.2, 0.25) is 0 Å². The van der Waals surface area contributed by atoms with Crippen molar-refractivity contribution in [1.82, 2.24) is 14.4 Å². The van der Waals surface area contributed by atoms with E-state index >= 15 is 0 Å². The lowest BCUT2D eigenvalue weighted by molar-refractivity contribution is 0.101. The number of amides is 1. The zero-order chi connectivity index (χ0) is 29.9. The molecule has 0 radical (unpaired) electrons. The molecule has 2 heterocycles. The van der Waals surface area contributed by atoms with E-state index in [1.54, 1.807) is 12.5 Å². The van der Waals surface area contributed by atoms with E-state index < -0.39 is 10.8 Å². The number of aliphatic imine (C=N–C) groups is 1. The Morgan fingerprint density at radius 3 is 2.46 bits per heavy atom. The molecule has 2 aromatic carbocycles. The van der Waals surface area contributed by atoms with Gasteiger partial charge in [-0.15, -0.1) is 0 Å². The first-order valence-electron chi connectivity index (χ1n) is 13.7. The third-order valence-corrected chi connectivity index (χ3v) is 8.30. The third-order valence-electron chi connectivity index (χ3n) is 7.33. The van der Waals surface area contributed by atoms with Gasteiger partial charge in [0.1, 0.15) is 17.3 Å². The molecule has 0 bridgehead atoms. The van der Waals surface area contributed by atoms with E-state index in [1.807, 2.05) is 67.1 Å². The Balaban J connectivity index is 1.54. The van der Waals surface area contributed by atoms with Crippen LogP contribution in [0.25, 0.3) is 10.9 Å². The molecule has 0 saturated carbocycles. The third kappa shape index (κ3) is 7.15. The van der Waals surface area contributed by atoms with Crippen molar-refractivity contribution in [3.8, 4) is 5.75 Å². The van der Waals surface area contributed by atoms with Gasteiger partial charge in [0, 0.05) is 51.1 Å². The monoisotopic (exact) mass is 575 g/mol. The molecule has 1 aromatic heterocycles. The minimum absolute atomic E-state index is 0.118. The van der Waals surface area contributed by atoms with Crippen LogP contribution >= 0.6 is 0 Å². The highest BCUT2D eigenvalue weighted by molar-refractivity contribution is 7.84. The Morgan fingerprint density at radius 2 is 1.80 bits per heavy atom. The number of hydrogen-bond donors (Lipinski definition) is 1. The smallest absolute Gasteiger partial charge is 0.272 e. The summed E-state index contributed by atoms with van der Waals surface area (Å²) >= 11 is 0. The standard InChI is InChI=1S/C32H41N5O3S/c1-22(14-15-33-23(2)37-18-16-35(6)17-19-37)40-28-11-9-10-24-20-27(36(7)30(24)28)31(38)34-26-21-25(32(3,4)5)12-13-29(26)41(8)39/h9-15,20-21H,2,16-19H2,1,3-8H3,(H,34,38)/b22-14+,33-15?. The van der Waals surface area contributed by atoms with E-state index in [0.717, 1.165) is 48.5 Å². The number of ether oxygens (including phenoxy) is 1. The maximum atomic E-state index is 13.5. The van der Waals surface area contributed by atoms with Crippen molar-refractivity contribution in [2.24, 2.45) is 12.0 Å². The van der Waals surface area contributed by atoms with E-state index in [9.17, 15) is 9.00 Å². The molecule has 1 aliphatic rings. The van der Waals surface area contributed by atoms with E-state index in [2.05, 4.69) is 54.5 Å². The lowest BCUT2D eigenvalue weighted by atomic mass is 9.87. The molecule has 41 heavy (non-hydrogen) atoms. The second-order valence-corrected chi connectivity index (χ2v) is 12.9. The van der Waals surface area contributed by atoms with Crippen LogP contribution in [0.3, 0.4) is 0 Å². The first-order chi connectivity index (χ1) is 19.3. The summed E-state index contributed by atoms with van der Waals surface area (Å²) in [5.74, 6) is 1.75. The van der Waals surface area contributed by atoms with Crippen LogP contribution in [0, 0.1) is 0 Å². The zero-order valence-electron chi connectivity index (χ0n) is 25.2. The number of para-hydroxylation sites is 1. The van der Waals surface area contributed by atoms with Crippen molar-refractivity contribution in [2.45, 2.75) is 38.0 Å². The van der Waals surface area contributed by atoms with Gasteiger partial charge in [-0.25, -0.2) is 4.99 Å². The van der Waals surface area contributed by atoms with Crippen molar-refractivity contribution in [3.63, 3.8) is 0 Å². The van der Waals surface area contributed by atoms with Gasteiger partial charge in [-0.05, 0) is 55.3 Å². The molecule has 0 aliphatic carbocycles. The predicted octanol–water partition coefficient (Wildman–Crippen LogP) is 5.54. The van der Waals surface area contributed by atoms with Gasteiger partial charge in [-0.2, -0.15) is 0 Å². The fourth-order valence-electron chi connectivity index (χ4n) is 4.79. The minimum atomic E-state index is -1.26. The van der Waals surface area contributed by atoms with Crippen LogP contribution in [0.1, 0.15) is 43.7 Å². The van der Waals surface area contributed by atoms with Gasteiger partial charge in [-0.1, -0.05) is 45.5 Å². The zero-order valence-corrected chi connectivity index (χ0v) is 26.0. The van der Waals surface area contributed by atoms with Crippen LogP contribution in [0.2, 0.25) is 0 Å². The first-order valence-corrected chi connectivity index (χ1v) is 15.3. The van der Waals surface area contributed by atoms with Crippen LogP contribution in [0.4, 0.5) is 5.69 Å². The highest BCUT2D eigenvalue weighted by atomic mass is 32.2. The Hall–Kier alpha value is -3.69. The molecule has 9 heteroatoms. The maximum absolute atomic E-state index is 13.5. The molecule has 8 nitrogen and oxygen atoms in total. The molecule has 1 N–H and O–H groups in total. The highest BCUT2D eigenvalue weighted by Crippen LogP contribution is 2.32. The summed E-state index contributed by atoms with van der Waals surface area (Å²) in [6, 6.07) is 13.3. The Morgan fingerprint density at radius 1 is 1.10 bits per heavy atom. The average Bonchev–Trinajstić information content (AvgIpc) is 3.25. The molecule has 1 unspecified atom stereocenters. The molecule has 1 fully saturated rings. The molecule has 1 aliphatic heterocycles. The molecular weight excluding hydrogens is 534 g/mol. The first kappa shape index (κ1) is 30.3. The normalized spacial score (nSPS) is 15.9. The van der Waals surface area contributed by atoms with Gasteiger partial charge >= 0.3 is 0 Å². The fourth-order valence-corrected chi connectivity index (χ4v) is 5.47. The molecule has 3 aromatic rings. The highest BCUT2D eigenvalue weighted by Gasteiger charge is 2.21. The molecule has 4 rings (SSSR count). The number of carbonyl (C=O) groups excluding carboxylic acids is 1. The number of rotatable bonds is 8. The van der Waals surface area contributed by atoms with Crippen molar-refractivity contribution in [1.29, 1.82) is 0 Å². The van der Waals surface area contributed by atoms with Crippen molar-refractivity contribution in [2.75, 3.05) is 44.8 Å². The Bertz CT molecular complexity index is 1540. The number of carbonyl (C=O) groups is 1. The topological polar surface area (TPSA) is 79.2 Å². The number of benzene rings is 2. The van der Waals surface area contributed by atoms with Crippen LogP contribution in [0.5, 0.6) is 5.75 Å².